The summed E-state index contributed by atoms with van der Waals surface area (Å²) in [5, 5.41) is 1.23. The molecule has 2 heterocycles. The van der Waals surface area contributed by atoms with Crippen LogP contribution in [0.5, 0.6) is 0 Å². The third kappa shape index (κ3) is 2.41. The van der Waals surface area contributed by atoms with E-state index in [0.29, 0.717) is 5.92 Å². The summed E-state index contributed by atoms with van der Waals surface area (Å²) in [6, 6.07) is 8.65. The van der Waals surface area contributed by atoms with Gasteiger partial charge >= 0.3 is 0 Å². The Kier molecular flexibility index (Phi) is 3.73. The van der Waals surface area contributed by atoms with Crippen LogP contribution < -0.4 is 0 Å². The number of hydrogen-bond acceptors (Lipinski definition) is 1. The first-order chi connectivity index (χ1) is 10.5. The van der Waals surface area contributed by atoms with E-state index in [1.165, 1.54) is 28.8 Å². The highest BCUT2D eigenvalue weighted by Crippen LogP contribution is 2.32. The quantitative estimate of drug-likeness (QED) is 0.656. The Balaban J connectivity index is 2.31. The molecular weight excluding hydrogens is 275 g/mol. The molecule has 0 aliphatic heterocycles. The topological polar surface area (TPSA) is 17.8 Å². The maximum atomic E-state index is 13.2. The zero-order valence-electron chi connectivity index (χ0n) is 13.5. The van der Waals surface area contributed by atoms with Crippen LogP contribution in [0, 0.1) is 25.6 Å². The van der Waals surface area contributed by atoms with Gasteiger partial charge in [-0.05, 0) is 55.7 Å². The molecule has 0 fully saturated rings. The molecule has 2 aromatic heterocycles. The van der Waals surface area contributed by atoms with Crippen molar-refractivity contribution < 1.29 is 4.39 Å². The lowest BCUT2D eigenvalue weighted by Gasteiger charge is -2.13. The van der Waals surface area contributed by atoms with Gasteiger partial charge in [-0.2, -0.15) is 0 Å². The zero-order valence-corrected chi connectivity index (χ0v) is 13.5. The summed E-state index contributed by atoms with van der Waals surface area (Å²) in [4.78, 5) is 4.59. The normalized spacial score (nSPS) is 11.5. The summed E-state index contributed by atoms with van der Waals surface area (Å²) in [5.41, 5.74) is 5.60. The van der Waals surface area contributed by atoms with Crippen molar-refractivity contribution in [2.75, 3.05) is 0 Å². The molecule has 0 bridgehead atoms. The van der Waals surface area contributed by atoms with E-state index in [1.807, 2.05) is 6.20 Å². The Bertz CT molecular complexity index is 814. The van der Waals surface area contributed by atoms with Crippen molar-refractivity contribution in [1.29, 1.82) is 0 Å². The fraction of sp³-hybridized carbons (Fsp3) is 0.316. The Morgan fingerprint density at radius 1 is 1.09 bits per heavy atom. The number of halogens is 1. The minimum Gasteiger partial charge on any atom is -0.343 e. The largest absolute Gasteiger partial charge is 0.343 e. The molecule has 0 saturated heterocycles. The van der Waals surface area contributed by atoms with Gasteiger partial charge in [-0.3, -0.25) is 4.98 Å². The van der Waals surface area contributed by atoms with Crippen LogP contribution in [0.25, 0.3) is 22.2 Å². The number of fused-ring (bicyclic) bond motifs is 1. The van der Waals surface area contributed by atoms with Crippen molar-refractivity contribution in [3.8, 4) is 11.3 Å². The van der Waals surface area contributed by atoms with Gasteiger partial charge in [0.1, 0.15) is 5.82 Å². The standard InChI is InChI=1S/C19H21FN2/c1-12(2)11-22-14(4)13(3)17-9-10-21-18(19(17)22)15-5-7-16(20)8-6-15/h5-10,12H,11H2,1-4H3. The van der Waals surface area contributed by atoms with Gasteiger partial charge in [-0.15, -0.1) is 0 Å². The SMILES string of the molecule is Cc1c(C)n(CC(C)C)c2c(-c3ccc(F)cc3)nccc12. The monoisotopic (exact) mass is 296 g/mol. The molecule has 1 aromatic carbocycles. The molecule has 3 heteroatoms. The molecule has 0 aliphatic rings. The van der Waals surface area contributed by atoms with Crippen molar-refractivity contribution in [2.24, 2.45) is 5.92 Å². The lowest BCUT2D eigenvalue weighted by molar-refractivity contribution is 0.527. The van der Waals surface area contributed by atoms with Gasteiger partial charge in [-0.1, -0.05) is 13.8 Å². The van der Waals surface area contributed by atoms with Crippen molar-refractivity contribution >= 4 is 10.9 Å². The van der Waals surface area contributed by atoms with Crippen molar-refractivity contribution in [3.05, 3.63) is 53.6 Å². The first-order valence-corrected chi connectivity index (χ1v) is 7.69. The summed E-state index contributed by atoms with van der Waals surface area (Å²) in [6.07, 6.45) is 1.84. The van der Waals surface area contributed by atoms with E-state index in [0.717, 1.165) is 23.3 Å². The van der Waals surface area contributed by atoms with E-state index in [2.05, 4.69) is 43.3 Å². The van der Waals surface area contributed by atoms with Gasteiger partial charge in [-0.25, -0.2) is 4.39 Å². The van der Waals surface area contributed by atoms with Gasteiger partial charge in [0.2, 0.25) is 0 Å². The fourth-order valence-electron chi connectivity index (χ4n) is 3.01. The number of benzene rings is 1. The summed E-state index contributed by atoms with van der Waals surface area (Å²) in [7, 11) is 0. The number of rotatable bonds is 3. The van der Waals surface area contributed by atoms with Crippen molar-refractivity contribution in [1.82, 2.24) is 9.55 Å². The molecule has 0 unspecified atom stereocenters. The molecule has 0 atom stereocenters. The van der Waals surface area contributed by atoms with E-state index in [-0.39, 0.29) is 5.82 Å². The molecule has 0 saturated carbocycles. The third-order valence-corrected chi connectivity index (χ3v) is 4.21. The molecule has 114 valence electrons. The Hall–Kier alpha value is -2.16. The molecular formula is C19H21FN2. The summed E-state index contributed by atoms with van der Waals surface area (Å²) in [5.74, 6) is 0.329. The Labute approximate surface area is 130 Å². The number of aryl methyl sites for hydroxylation is 1. The highest BCUT2D eigenvalue weighted by molar-refractivity contribution is 5.95. The van der Waals surface area contributed by atoms with Crippen LogP contribution in [0.4, 0.5) is 4.39 Å². The zero-order chi connectivity index (χ0) is 15.9. The van der Waals surface area contributed by atoms with Gasteiger partial charge in [0.15, 0.2) is 0 Å². The van der Waals surface area contributed by atoms with E-state index < -0.39 is 0 Å². The van der Waals surface area contributed by atoms with Crippen LogP contribution >= 0.6 is 0 Å². The molecule has 2 nitrogen and oxygen atoms in total. The second-order valence-electron chi connectivity index (χ2n) is 6.28. The summed E-state index contributed by atoms with van der Waals surface area (Å²) >= 11 is 0. The molecule has 0 radical (unpaired) electrons. The molecule has 3 rings (SSSR count). The summed E-state index contributed by atoms with van der Waals surface area (Å²) < 4.78 is 15.6. The lowest BCUT2D eigenvalue weighted by atomic mass is 10.1. The molecule has 0 N–H and O–H groups in total. The molecule has 22 heavy (non-hydrogen) atoms. The lowest BCUT2D eigenvalue weighted by Crippen LogP contribution is -2.07. The van der Waals surface area contributed by atoms with E-state index >= 15 is 0 Å². The van der Waals surface area contributed by atoms with Crippen LogP contribution in [-0.4, -0.2) is 9.55 Å². The van der Waals surface area contributed by atoms with Gasteiger partial charge in [0.05, 0.1) is 11.2 Å². The summed E-state index contributed by atoms with van der Waals surface area (Å²) in [6.45, 7) is 9.70. The average molecular weight is 296 g/mol. The first kappa shape index (κ1) is 14.8. The highest BCUT2D eigenvalue weighted by atomic mass is 19.1. The smallest absolute Gasteiger partial charge is 0.123 e. The Morgan fingerprint density at radius 3 is 2.41 bits per heavy atom. The maximum Gasteiger partial charge on any atom is 0.123 e. The van der Waals surface area contributed by atoms with Crippen LogP contribution in [0.3, 0.4) is 0 Å². The van der Waals surface area contributed by atoms with Gasteiger partial charge < -0.3 is 4.57 Å². The minimum absolute atomic E-state index is 0.221. The van der Waals surface area contributed by atoms with Crippen molar-refractivity contribution in [2.45, 2.75) is 34.2 Å². The fourth-order valence-corrected chi connectivity index (χ4v) is 3.01. The van der Waals surface area contributed by atoms with E-state index in [4.69, 9.17) is 0 Å². The van der Waals surface area contributed by atoms with Gasteiger partial charge in [0, 0.05) is 29.4 Å². The number of aromatic nitrogens is 2. The predicted octanol–water partition coefficient (Wildman–Crippen LogP) is 5.12. The number of hydrogen-bond donors (Lipinski definition) is 0. The molecule has 0 amide bonds. The molecule has 0 aliphatic carbocycles. The van der Waals surface area contributed by atoms with Crippen LogP contribution in [0.15, 0.2) is 36.5 Å². The average Bonchev–Trinajstić information content (AvgIpc) is 2.73. The van der Waals surface area contributed by atoms with E-state index in [9.17, 15) is 4.39 Å². The van der Waals surface area contributed by atoms with Crippen molar-refractivity contribution in [3.63, 3.8) is 0 Å². The van der Waals surface area contributed by atoms with Gasteiger partial charge in [0.25, 0.3) is 0 Å². The number of nitrogens with zero attached hydrogens (tertiary/aromatic N) is 2. The molecule has 3 aromatic rings. The molecule has 0 spiro atoms. The first-order valence-electron chi connectivity index (χ1n) is 7.69. The van der Waals surface area contributed by atoms with Crippen LogP contribution in [0.1, 0.15) is 25.1 Å². The van der Waals surface area contributed by atoms with E-state index in [1.54, 1.807) is 12.1 Å². The second-order valence-corrected chi connectivity index (χ2v) is 6.28. The predicted molar refractivity (Wildman–Crippen MR) is 89.4 cm³/mol. The second kappa shape index (κ2) is 5.56. The number of pyridine rings is 1. The highest BCUT2D eigenvalue weighted by Gasteiger charge is 2.16. The van der Waals surface area contributed by atoms with Crippen LogP contribution in [-0.2, 0) is 6.54 Å². The Morgan fingerprint density at radius 2 is 1.77 bits per heavy atom. The maximum absolute atomic E-state index is 13.2. The van der Waals surface area contributed by atoms with Crippen LogP contribution in [0.2, 0.25) is 0 Å². The minimum atomic E-state index is -0.221. The third-order valence-electron chi connectivity index (χ3n) is 4.21.